The average Bonchev–Trinajstić information content (AvgIpc) is 3.00. The first kappa shape index (κ1) is 20.8. The lowest BCUT2D eigenvalue weighted by molar-refractivity contribution is -0.836. The summed E-state index contributed by atoms with van der Waals surface area (Å²) >= 11 is 0. The van der Waals surface area contributed by atoms with Crippen LogP contribution in [-0.2, 0) is 4.74 Å². The molecule has 3 rings (SSSR count). The van der Waals surface area contributed by atoms with E-state index in [9.17, 15) is 24.9 Å². The molecule has 0 saturated carbocycles. The monoisotopic (exact) mass is 404 g/mol. The number of aliphatic imine (C=N–C) groups is 1. The van der Waals surface area contributed by atoms with Crippen LogP contribution < -0.4 is 10.1 Å². The van der Waals surface area contributed by atoms with E-state index in [-0.39, 0.29) is 17.1 Å². The Morgan fingerprint density at radius 3 is 2.72 bits per heavy atom. The molecule has 1 saturated heterocycles. The highest BCUT2D eigenvalue weighted by atomic mass is 16.6. The molecule has 10 nitrogen and oxygen atoms in total. The van der Waals surface area contributed by atoms with Gasteiger partial charge < -0.3 is 24.8 Å². The normalized spacial score (nSPS) is 32.8. The van der Waals surface area contributed by atoms with Crippen LogP contribution in [0.3, 0.4) is 0 Å². The first-order valence-corrected chi connectivity index (χ1v) is 8.80. The molecule has 0 aromatic heterocycles. The van der Waals surface area contributed by atoms with Crippen molar-refractivity contribution < 1.29 is 38.9 Å². The van der Waals surface area contributed by atoms with E-state index in [0.717, 1.165) is 0 Å². The Morgan fingerprint density at radius 1 is 1.38 bits per heavy atom. The number of carbonyl (C=O) groups excluding carboxylic acids is 2. The summed E-state index contributed by atoms with van der Waals surface area (Å²) in [5.74, 6) is -0.364. The maximum absolute atomic E-state index is 12.7. The summed E-state index contributed by atoms with van der Waals surface area (Å²) in [7, 11) is 1.46. The number of aliphatic hydroxyl groups is 3. The average molecular weight is 404 g/mol. The Balaban J connectivity index is 1.83. The predicted octanol–water partition coefficient (Wildman–Crippen LogP) is -0.130. The van der Waals surface area contributed by atoms with E-state index in [2.05, 4.69) is 16.9 Å². The molecule has 0 spiro atoms. The van der Waals surface area contributed by atoms with Crippen LogP contribution in [0.4, 0.5) is 4.79 Å². The molecule has 4 N–H and O–H groups in total. The second-order valence-electron chi connectivity index (χ2n) is 6.70. The highest BCUT2D eigenvalue weighted by molar-refractivity contribution is 6.12. The van der Waals surface area contributed by atoms with E-state index in [0.29, 0.717) is 0 Å². The van der Waals surface area contributed by atoms with Gasteiger partial charge >= 0.3 is 6.03 Å². The van der Waals surface area contributed by atoms with Gasteiger partial charge in [-0.1, -0.05) is 18.7 Å². The van der Waals surface area contributed by atoms with Gasteiger partial charge in [-0.25, -0.2) is 4.79 Å². The minimum Gasteiger partial charge on any atom is -0.465 e. The number of rotatable bonds is 5. The molecule has 2 aliphatic rings. The Kier molecular flexibility index (Phi) is 5.91. The third-order valence-electron chi connectivity index (χ3n) is 4.81. The first-order valence-electron chi connectivity index (χ1n) is 8.80. The minimum absolute atomic E-state index is 0.00394. The van der Waals surface area contributed by atoms with Crippen molar-refractivity contribution >= 4 is 17.8 Å². The maximum Gasteiger partial charge on any atom is 0.428 e. The van der Waals surface area contributed by atoms with Gasteiger partial charge in [0.15, 0.2) is 6.10 Å². The number of ether oxygens (including phenoxy) is 2. The summed E-state index contributed by atoms with van der Waals surface area (Å²) in [5.41, 5.74) is 0.189. The number of amides is 3. The maximum atomic E-state index is 12.7. The van der Waals surface area contributed by atoms with E-state index in [1.54, 1.807) is 18.2 Å². The number of benzene rings is 1. The minimum atomic E-state index is -1.39. The Bertz CT molecular complexity index is 884. The van der Waals surface area contributed by atoms with Gasteiger partial charge in [0.05, 0.1) is 25.5 Å². The fourth-order valence-corrected chi connectivity index (χ4v) is 3.16. The third-order valence-corrected chi connectivity index (χ3v) is 4.81. The second kappa shape index (κ2) is 8.23. The molecule has 0 aliphatic carbocycles. The van der Waals surface area contributed by atoms with Crippen LogP contribution in [0.15, 0.2) is 54.4 Å². The van der Waals surface area contributed by atoms with Crippen LogP contribution >= 0.6 is 0 Å². The van der Waals surface area contributed by atoms with Gasteiger partial charge in [0.25, 0.3) is 5.91 Å². The highest BCUT2D eigenvalue weighted by Crippen LogP contribution is 2.30. The highest BCUT2D eigenvalue weighted by Gasteiger charge is 2.55. The van der Waals surface area contributed by atoms with Crippen molar-refractivity contribution in [2.24, 2.45) is 4.99 Å². The van der Waals surface area contributed by atoms with Crippen LogP contribution in [0, 0.1) is 0 Å². The number of urea groups is 1. The quantitative estimate of drug-likeness (QED) is 0.396. The van der Waals surface area contributed by atoms with Gasteiger partial charge in [0, 0.05) is 6.08 Å². The fraction of sp³-hybridized carbons (Fsp3) is 0.316. The molecule has 0 bridgehead atoms. The van der Waals surface area contributed by atoms with Crippen molar-refractivity contribution in [1.82, 2.24) is 5.32 Å². The van der Waals surface area contributed by atoms with Gasteiger partial charge in [-0.2, -0.15) is 9.48 Å². The summed E-state index contributed by atoms with van der Waals surface area (Å²) in [5, 5.41) is 31.9. The topological polar surface area (TPSA) is 138 Å². The Hall–Kier alpha value is -2.89. The Morgan fingerprint density at radius 2 is 2.10 bits per heavy atom. The lowest BCUT2D eigenvalue weighted by Crippen LogP contribution is -2.63. The van der Waals surface area contributed by atoms with E-state index < -0.39 is 47.6 Å². The van der Waals surface area contributed by atoms with E-state index in [4.69, 9.17) is 9.47 Å². The molecule has 1 aromatic rings. The number of aliphatic hydroxyl groups excluding tert-OH is 3. The number of likely N-dealkylation sites (N-methyl/N-ethyl adjacent to an activating group) is 1. The summed E-state index contributed by atoms with van der Waals surface area (Å²) < 4.78 is 10.1. The standard InChI is InChI=1S/C19H21N3O7/c1-3-28-12-7-5-4-6-11(12)17(26)20-14-8-9-22(2,19(27)21-14)18-16(25)15(24)13(10-23)29-18/h3-9,13,15-16,18,23-25H,1,10H2,2H3/p+1. The molecule has 10 heteroatoms. The first-order chi connectivity index (χ1) is 13.8. The zero-order valence-corrected chi connectivity index (χ0v) is 15.6. The smallest absolute Gasteiger partial charge is 0.428 e. The predicted molar refractivity (Wildman–Crippen MR) is 101 cm³/mol. The van der Waals surface area contributed by atoms with Crippen LogP contribution in [0.1, 0.15) is 10.4 Å². The molecule has 29 heavy (non-hydrogen) atoms. The molecule has 0 radical (unpaired) electrons. The van der Waals surface area contributed by atoms with Crippen LogP contribution in [-0.4, -0.2) is 75.8 Å². The summed E-state index contributed by atoms with van der Waals surface area (Å²) in [6, 6.07) is 5.81. The van der Waals surface area contributed by atoms with Gasteiger partial charge in [-0.15, -0.1) is 0 Å². The SMILES string of the molecule is C=COc1ccccc1C(=O)N=C1C=C[N+](C)(C2OC(CO)C(O)C2O)C(=O)N1. The van der Waals surface area contributed by atoms with E-state index in [1.807, 2.05) is 0 Å². The van der Waals surface area contributed by atoms with Crippen molar-refractivity contribution in [2.75, 3.05) is 13.7 Å². The van der Waals surface area contributed by atoms with Crippen LogP contribution in [0.2, 0.25) is 0 Å². The third kappa shape index (κ3) is 3.84. The van der Waals surface area contributed by atoms with Gasteiger partial charge in [-0.3, -0.25) is 10.1 Å². The molecule has 3 amide bonds. The molecular formula is C19H22N3O7+. The number of amidine groups is 1. The van der Waals surface area contributed by atoms with Crippen molar-refractivity contribution in [3.63, 3.8) is 0 Å². The fourth-order valence-electron chi connectivity index (χ4n) is 3.16. The lowest BCUT2D eigenvalue weighted by atomic mass is 10.1. The summed E-state index contributed by atoms with van der Waals surface area (Å²) in [4.78, 5) is 29.1. The number of nitrogens with zero attached hydrogens (tertiary/aromatic N) is 2. The Labute approximate surface area is 166 Å². The van der Waals surface area contributed by atoms with Gasteiger partial charge in [0.1, 0.15) is 30.0 Å². The number of nitrogens with one attached hydrogen (secondary N) is 1. The molecule has 1 fully saturated rings. The lowest BCUT2D eigenvalue weighted by Gasteiger charge is -2.35. The van der Waals surface area contributed by atoms with Crippen molar-refractivity contribution in [3.8, 4) is 5.75 Å². The van der Waals surface area contributed by atoms with Crippen LogP contribution in [0.5, 0.6) is 5.75 Å². The number of hydrogen-bond acceptors (Lipinski definition) is 7. The zero-order valence-electron chi connectivity index (χ0n) is 15.6. The molecule has 5 atom stereocenters. The number of quaternary nitrogens is 1. The number of carbonyl (C=O) groups is 2. The van der Waals surface area contributed by atoms with Crippen molar-refractivity contribution in [2.45, 2.75) is 24.5 Å². The molecule has 154 valence electrons. The van der Waals surface area contributed by atoms with Crippen molar-refractivity contribution in [3.05, 3.63) is 54.9 Å². The number of hydrogen-bond donors (Lipinski definition) is 4. The molecule has 2 heterocycles. The number of para-hydroxylation sites is 1. The second-order valence-corrected chi connectivity index (χ2v) is 6.70. The molecule has 5 unspecified atom stereocenters. The van der Waals surface area contributed by atoms with Gasteiger partial charge in [-0.05, 0) is 12.1 Å². The van der Waals surface area contributed by atoms with Gasteiger partial charge in [0.2, 0.25) is 6.23 Å². The zero-order chi connectivity index (χ0) is 21.2. The van der Waals surface area contributed by atoms with E-state index in [1.165, 1.54) is 31.7 Å². The largest absolute Gasteiger partial charge is 0.465 e. The van der Waals surface area contributed by atoms with E-state index >= 15 is 0 Å². The van der Waals surface area contributed by atoms with Crippen LogP contribution in [0.25, 0.3) is 0 Å². The van der Waals surface area contributed by atoms with Crippen molar-refractivity contribution in [1.29, 1.82) is 0 Å². The molecular weight excluding hydrogens is 382 g/mol. The summed E-state index contributed by atoms with van der Waals surface area (Å²) in [6.07, 6.45) is -0.912. The molecule has 2 aliphatic heterocycles. The molecule has 1 aromatic carbocycles. The summed E-state index contributed by atoms with van der Waals surface area (Å²) in [6.45, 7) is 2.95.